The topological polar surface area (TPSA) is 43.1 Å². The Morgan fingerprint density at radius 1 is 1.33 bits per heavy atom. The van der Waals surface area contributed by atoms with E-state index in [9.17, 15) is 4.79 Å². The Bertz CT molecular complexity index is 478. The minimum atomic E-state index is -0.450. The normalized spacial score (nSPS) is 10.4. The van der Waals surface area contributed by atoms with E-state index < -0.39 is 5.63 Å². The lowest BCUT2D eigenvalue weighted by Gasteiger charge is -1.93. The van der Waals surface area contributed by atoms with Crippen molar-refractivity contribution in [3.63, 3.8) is 0 Å². The molecule has 2 rings (SSSR count). The summed E-state index contributed by atoms with van der Waals surface area (Å²) in [5.41, 5.74) is 0.725. The highest BCUT2D eigenvalue weighted by molar-refractivity contribution is 9.10. The predicted molar refractivity (Wildman–Crippen MR) is 48.0 cm³/mol. The van der Waals surface area contributed by atoms with Gasteiger partial charge in [0.05, 0.1) is 0 Å². The van der Waals surface area contributed by atoms with Crippen molar-refractivity contribution in [1.82, 2.24) is 4.98 Å². The SMILES string of the molecule is O=c1oc2ccccc2nc1Br. The second-order valence-corrected chi connectivity index (χ2v) is 3.01. The fraction of sp³-hybridized carbons (Fsp3) is 0. The van der Waals surface area contributed by atoms with E-state index in [0.29, 0.717) is 11.1 Å². The molecule has 0 radical (unpaired) electrons. The van der Waals surface area contributed by atoms with Gasteiger partial charge >= 0.3 is 5.63 Å². The van der Waals surface area contributed by atoms with Gasteiger partial charge in [0.2, 0.25) is 0 Å². The maximum absolute atomic E-state index is 11.0. The van der Waals surface area contributed by atoms with Gasteiger partial charge in [-0.15, -0.1) is 0 Å². The number of hydrogen-bond acceptors (Lipinski definition) is 3. The molecule has 0 aliphatic rings. The maximum Gasteiger partial charge on any atom is 0.369 e. The quantitative estimate of drug-likeness (QED) is 0.689. The van der Waals surface area contributed by atoms with Gasteiger partial charge in [0.15, 0.2) is 10.2 Å². The summed E-state index contributed by atoms with van der Waals surface area (Å²) >= 11 is 3.00. The fourth-order valence-corrected chi connectivity index (χ4v) is 1.20. The number of fused-ring (bicyclic) bond motifs is 1. The van der Waals surface area contributed by atoms with Crippen LogP contribution in [0.2, 0.25) is 0 Å². The highest BCUT2D eigenvalue weighted by Gasteiger charge is 2.01. The summed E-state index contributed by atoms with van der Waals surface area (Å²) in [6.07, 6.45) is 0. The molecule has 0 bridgehead atoms. The first kappa shape index (κ1) is 7.49. The Morgan fingerprint density at radius 3 is 2.92 bits per heavy atom. The van der Waals surface area contributed by atoms with E-state index in [4.69, 9.17) is 4.42 Å². The highest BCUT2D eigenvalue weighted by Crippen LogP contribution is 2.10. The zero-order chi connectivity index (χ0) is 8.55. The third-order valence-corrected chi connectivity index (χ3v) is 1.96. The molecule has 1 aromatic heterocycles. The van der Waals surface area contributed by atoms with Crippen LogP contribution in [0, 0.1) is 0 Å². The van der Waals surface area contributed by atoms with E-state index in [-0.39, 0.29) is 4.60 Å². The Morgan fingerprint density at radius 2 is 2.08 bits per heavy atom. The summed E-state index contributed by atoms with van der Waals surface area (Å²) in [5, 5.41) is 0. The second-order valence-electron chi connectivity index (χ2n) is 2.26. The fourth-order valence-electron chi connectivity index (χ4n) is 0.929. The summed E-state index contributed by atoms with van der Waals surface area (Å²) in [6.45, 7) is 0. The van der Waals surface area contributed by atoms with Crippen molar-refractivity contribution < 1.29 is 4.42 Å². The first-order valence-electron chi connectivity index (χ1n) is 3.33. The van der Waals surface area contributed by atoms with Crippen LogP contribution in [0.4, 0.5) is 0 Å². The molecule has 0 atom stereocenters. The minimum Gasteiger partial charge on any atom is -0.419 e. The van der Waals surface area contributed by atoms with Crippen LogP contribution >= 0.6 is 15.9 Å². The Labute approximate surface area is 76.2 Å². The molecule has 0 unspecified atom stereocenters. The van der Waals surface area contributed by atoms with Crippen molar-refractivity contribution in [3.8, 4) is 0 Å². The number of hydrogen-bond donors (Lipinski definition) is 0. The standard InChI is InChI=1S/C8H4BrNO2/c9-7-8(11)12-6-4-2-1-3-5(6)10-7/h1-4H. The van der Waals surface area contributed by atoms with E-state index in [2.05, 4.69) is 20.9 Å². The van der Waals surface area contributed by atoms with Crippen LogP contribution in [0.15, 0.2) is 38.1 Å². The van der Waals surface area contributed by atoms with E-state index in [0.717, 1.165) is 0 Å². The molecule has 12 heavy (non-hydrogen) atoms. The van der Waals surface area contributed by atoms with E-state index in [1.54, 1.807) is 18.2 Å². The molecule has 0 saturated heterocycles. The van der Waals surface area contributed by atoms with Gasteiger partial charge in [-0.3, -0.25) is 0 Å². The van der Waals surface area contributed by atoms with Crippen molar-refractivity contribution in [2.24, 2.45) is 0 Å². The van der Waals surface area contributed by atoms with Gasteiger partial charge in [-0.25, -0.2) is 9.78 Å². The summed E-state index contributed by atoms with van der Waals surface area (Å²) in [5.74, 6) is 0. The lowest BCUT2D eigenvalue weighted by molar-refractivity contribution is 0.549. The molecule has 4 heteroatoms. The molecule has 0 spiro atoms. The highest BCUT2D eigenvalue weighted by atomic mass is 79.9. The van der Waals surface area contributed by atoms with Gasteiger partial charge in [0.1, 0.15) is 5.52 Å². The smallest absolute Gasteiger partial charge is 0.369 e. The van der Waals surface area contributed by atoms with E-state index >= 15 is 0 Å². The molecule has 0 N–H and O–H groups in total. The molecule has 3 nitrogen and oxygen atoms in total. The van der Waals surface area contributed by atoms with Gasteiger partial charge in [-0.05, 0) is 28.1 Å². The Kier molecular flexibility index (Phi) is 1.69. The number of aromatic nitrogens is 1. The van der Waals surface area contributed by atoms with Gasteiger partial charge in [-0.2, -0.15) is 0 Å². The Hall–Kier alpha value is -1.16. The molecule has 1 heterocycles. The predicted octanol–water partition coefficient (Wildman–Crippen LogP) is 1.95. The van der Waals surface area contributed by atoms with Crippen molar-refractivity contribution in [2.75, 3.05) is 0 Å². The average Bonchev–Trinajstić information content (AvgIpc) is 2.07. The van der Waals surface area contributed by atoms with Crippen molar-refractivity contribution in [1.29, 1.82) is 0 Å². The number of benzene rings is 1. The summed E-state index contributed by atoms with van der Waals surface area (Å²) in [4.78, 5) is 14.9. The third-order valence-electron chi connectivity index (χ3n) is 1.45. The van der Waals surface area contributed by atoms with Crippen molar-refractivity contribution in [2.45, 2.75) is 0 Å². The summed E-state index contributed by atoms with van der Waals surface area (Å²) < 4.78 is 5.14. The first-order chi connectivity index (χ1) is 5.77. The van der Waals surface area contributed by atoms with E-state index in [1.165, 1.54) is 0 Å². The summed E-state index contributed by atoms with van der Waals surface area (Å²) in [7, 11) is 0. The van der Waals surface area contributed by atoms with Gasteiger partial charge in [0, 0.05) is 0 Å². The van der Waals surface area contributed by atoms with Crippen LogP contribution in [0.1, 0.15) is 0 Å². The van der Waals surface area contributed by atoms with Gasteiger partial charge in [-0.1, -0.05) is 12.1 Å². The number of nitrogens with zero attached hydrogens (tertiary/aromatic N) is 1. The van der Waals surface area contributed by atoms with Gasteiger partial charge in [0.25, 0.3) is 0 Å². The number of rotatable bonds is 0. The zero-order valence-corrected chi connectivity index (χ0v) is 7.54. The van der Waals surface area contributed by atoms with Crippen molar-refractivity contribution in [3.05, 3.63) is 39.3 Å². The molecule has 0 aliphatic heterocycles. The molecule has 0 fully saturated rings. The van der Waals surface area contributed by atoms with Crippen LogP contribution < -0.4 is 5.63 Å². The molecule has 0 aliphatic carbocycles. The molecule has 0 amide bonds. The lowest BCUT2D eigenvalue weighted by atomic mass is 10.3. The van der Waals surface area contributed by atoms with E-state index in [1.807, 2.05) is 6.07 Å². The van der Waals surface area contributed by atoms with Crippen LogP contribution in [0.5, 0.6) is 0 Å². The zero-order valence-electron chi connectivity index (χ0n) is 5.95. The van der Waals surface area contributed by atoms with Crippen molar-refractivity contribution >= 4 is 27.0 Å². The molecule has 60 valence electrons. The molecule has 2 aromatic rings. The lowest BCUT2D eigenvalue weighted by Crippen LogP contribution is -2.01. The summed E-state index contributed by atoms with van der Waals surface area (Å²) in [6, 6.07) is 7.11. The van der Waals surface area contributed by atoms with Crippen LogP contribution in [-0.2, 0) is 0 Å². The molecular weight excluding hydrogens is 222 g/mol. The molecule has 0 saturated carbocycles. The number of halogens is 1. The van der Waals surface area contributed by atoms with Crippen LogP contribution in [-0.4, -0.2) is 4.98 Å². The van der Waals surface area contributed by atoms with Gasteiger partial charge < -0.3 is 4.42 Å². The third kappa shape index (κ3) is 1.14. The number of para-hydroxylation sites is 2. The minimum absolute atomic E-state index is 0.209. The maximum atomic E-state index is 11.0. The second kappa shape index (κ2) is 2.71. The average molecular weight is 226 g/mol. The first-order valence-corrected chi connectivity index (χ1v) is 4.12. The Balaban J connectivity index is 2.93. The van der Waals surface area contributed by atoms with Crippen LogP contribution in [0.25, 0.3) is 11.1 Å². The molecular formula is C8H4BrNO2. The largest absolute Gasteiger partial charge is 0.419 e. The van der Waals surface area contributed by atoms with Crippen LogP contribution in [0.3, 0.4) is 0 Å². The molecule has 1 aromatic carbocycles. The monoisotopic (exact) mass is 225 g/mol.